The van der Waals surface area contributed by atoms with Crippen LogP contribution in [0.25, 0.3) is 0 Å². The van der Waals surface area contributed by atoms with Gasteiger partial charge in [0.1, 0.15) is 7.05 Å². The summed E-state index contributed by atoms with van der Waals surface area (Å²) in [4.78, 5) is 2.41. The van der Waals surface area contributed by atoms with Crippen molar-refractivity contribution in [2.45, 2.75) is 4.90 Å². The van der Waals surface area contributed by atoms with Crippen LogP contribution in [-0.4, -0.2) is 27.8 Å². The molecule has 2 rings (SSSR count). The molecule has 1 aliphatic heterocycles. The molecule has 0 aliphatic carbocycles. The molecule has 2 heterocycles. The summed E-state index contributed by atoms with van der Waals surface area (Å²) in [5, 5.41) is 0. The molecule has 0 fully saturated rings. The first-order valence-corrected chi connectivity index (χ1v) is 6.09. The molecule has 5 heteroatoms. The van der Waals surface area contributed by atoms with E-state index in [0.717, 1.165) is 5.69 Å². The molecule has 1 aromatic rings. The van der Waals surface area contributed by atoms with Gasteiger partial charge in [-0.2, -0.15) is 0 Å². The number of hydrogen-bond donors (Lipinski definition) is 0. The lowest BCUT2D eigenvalue weighted by Crippen LogP contribution is -2.36. The Hall–Kier alpha value is -1.10. The van der Waals surface area contributed by atoms with Crippen molar-refractivity contribution in [3.63, 3.8) is 0 Å². The fraction of sp³-hybridized carbons (Fsp3) is 0.444. The molecule has 1 aromatic heterocycles. The first kappa shape index (κ1) is 9.45. The van der Waals surface area contributed by atoms with Gasteiger partial charge in [0.15, 0.2) is 27.1 Å². The Morgan fingerprint density at radius 3 is 2.93 bits per heavy atom. The minimum Gasteiger partial charge on any atom is -0.372 e. The number of anilines is 1. The van der Waals surface area contributed by atoms with Crippen molar-refractivity contribution in [1.82, 2.24) is 0 Å². The predicted molar refractivity (Wildman–Crippen MR) is 52.9 cm³/mol. The second-order valence-corrected chi connectivity index (χ2v) is 5.68. The van der Waals surface area contributed by atoms with Gasteiger partial charge in [-0.15, -0.1) is 0 Å². The first-order chi connectivity index (χ1) is 6.50. The molecule has 0 aromatic carbocycles. The summed E-state index contributed by atoms with van der Waals surface area (Å²) in [6.45, 7) is 0.572. The van der Waals surface area contributed by atoms with E-state index in [2.05, 4.69) is 0 Å². The van der Waals surface area contributed by atoms with Crippen molar-refractivity contribution in [2.24, 2.45) is 7.05 Å². The summed E-state index contributed by atoms with van der Waals surface area (Å²) in [5.41, 5.74) is 0.800. The van der Waals surface area contributed by atoms with E-state index in [4.69, 9.17) is 0 Å². The summed E-state index contributed by atoms with van der Waals surface area (Å²) < 4.78 is 25.2. The van der Waals surface area contributed by atoms with E-state index in [1.165, 1.54) is 0 Å². The van der Waals surface area contributed by atoms with Crippen molar-refractivity contribution in [1.29, 1.82) is 0 Å². The van der Waals surface area contributed by atoms with Crippen LogP contribution in [0.2, 0.25) is 0 Å². The number of aryl methyl sites for hydroxylation is 1. The highest BCUT2D eigenvalue weighted by Gasteiger charge is 2.28. The fourth-order valence-electron chi connectivity index (χ4n) is 1.61. The molecule has 14 heavy (non-hydrogen) atoms. The van der Waals surface area contributed by atoms with Gasteiger partial charge in [-0.1, -0.05) is 0 Å². The molecular weight excluding hydrogens is 200 g/mol. The van der Waals surface area contributed by atoms with Crippen LogP contribution in [0.1, 0.15) is 0 Å². The van der Waals surface area contributed by atoms with E-state index in [1.54, 1.807) is 10.8 Å². The zero-order chi connectivity index (χ0) is 10.3. The number of rotatable bonds is 0. The van der Waals surface area contributed by atoms with Crippen LogP contribution in [0.4, 0.5) is 5.69 Å². The molecule has 0 saturated carbocycles. The van der Waals surface area contributed by atoms with Gasteiger partial charge in [0, 0.05) is 19.7 Å². The smallest absolute Gasteiger partial charge is 0.189 e. The Labute approximate surface area is 83.7 Å². The molecule has 0 amide bonds. The van der Waals surface area contributed by atoms with E-state index in [-0.39, 0.29) is 5.75 Å². The summed E-state index contributed by atoms with van der Waals surface area (Å²) in [6.07, 6.45) is 3.52. The van der Waals surface area contributed by atoms with Gasteiger partial charge in [0.2, 0.25) is 0 Å². The van der Waals surface area contributed by atoms with Crippen LogP contribution in [0, 0.1) is 0 Å². The van der Waals surface area contributed by atoms with E-state index in [1.807, 2.05) is 31.3 Å². The third-order valence-electron chi connectivity index (χ3n) is 2.48. The molecule has 4 nitrogen and oxygen atoms in total. The molecule has 1 aliphatic rings. The highest BCUT2D eigenvalue weighted by molar-refractivity contribution is 7.91. The van der Waals surface area contributed by atoms with Crippen LogP contribution in [0.5, 0.6) is 0 Å². The number of sulfone groups is 1. The molecular formula is C9H13N2O2S+. The first-order valence-electron chi connectivity index (χ1n) is 4.44. The second kappa shape index (κ2) is 2.95. The molecule has 0 saturated heterocycles. The van der Waals surface area contributed by atoms with E-state index in [0.29, 0.717) is 11.4 Å². The van der Waals surface area contributed by atoms with Crippen molar-refractivity contribution in [2.75, 3.05) is 24.2 Å². The number of hydrogen-bond acceptors (Lipinski definition) is 3. The van der Waals surface area contributed by atoms with Crippen molar-refractivity contribution in [3.05, 3.63) is 18.5 Å². The SMILES string of the molecule is CN1CCS(=O)(=O)c2c[n+](C)ccc21. The standard InChI is InChI=1S/C9H13N2O2S/c1-10-4-3-8-9(7-10)14(12,13)6-5-11(8)2/h3-4,7H,5-6H2,1-2H3/q+1. The van der Waals surface area contributed by atoms with Gasteiger partial charge >= 0.3 is 0 Å². The fourth-order valence-corrected chi connectivity index (χ4v) is 3.21. The zero-order valence-corrected chi connectivity index (χ0v) is 9.08. The van der Waals surface area contributed by atoms with E-state index >= 15 is 0 Å². The lowest BCUT2D eigenvalue weighted by molar-refractivity contribution is -0.673. The maximum Gasteiger partial charge on any atom is 0.189 e. The Morgan fingerprint density at radius 1 is 1.50 bits per heavy atom. The molecule has 0 spiro atoms. The molecule has 0 bridgehead atoms. The second-order valence-electron chi connectivity index (χ2n) is 3.60. The Balaban J connectivity index is 2.70. The number of fused-ring (bicyclic) bond motifs is 1. The van der Waals surface area contributed by atoms with Crippen molar-refractivity contribution in [3.8, 4) is 0 Å². The van der Waals surface area contributed by atoms with Gasteiger partial charge in [-0.3, -0.25) is 0 Å². The van der Waals surface area contributed by atoms with Gasteiger partial charge in [-0.05, 0) is 0 Å². The molecule has 76 valence electrons. The minimum absolute atomic E-state index is 0.209. The predicted octanol–water partition coefficient (Wildman–Crippen LogP) is -0.265. The molecule has 0 atom stereocenters. The Morgan fingerprint density at radius 2 is 2.21 bits per heavy atom. The van der Waals surface area contributed by atoms with E-state index < -0.39 is 9.84 Å². The van der Waals surface area contributed by atoms with Gasteiger partial charge in [0.05, 0.1) is 11.4 Å². The Bertz CT molecular complexity index is 468. The van der Waals surface area contributed by atoms with Crippen molar-refractivity contribution < 1.29 is 13.0 Å². The maximum absolute atomic E-state index is 11.7. The van der Waals surface area contributed by atoms with Crippen LogP contribution in [0.15, 0.2) is 23.4 Å². The van der Waals surface area contributed by atoms with Crippen LogP contribution < -0.4 is 9.47 Å². The molecule has 0 unspecified atom stereocenters. The normalized spacial score (nSPS) is 19.1. The summed E-state index contributed by atoms with van der Waals surface area (Å²) >= 11 is 0. The summed E-state index contributed by atoms with van der Waals surface area (Å²) in [5.74, 6) is 0.209. The quantitative estimate of drug-likeness (QED) is 0.557. The van der Waals surface area contributed by atoms with Crippen LogP contribution in [-0.2, 0) is 16.9 Å². The average molecular weight is 213 g/mol. The molecule has 0 radical (unpaired) electrons. The lowest BCUT2D eigenvalue weighted by Gasteiger charge is -2.25. The number of pyridine rings is 1. The summed E-state index contributed by atoms with van der Waals surface area (Å²) in [7, 11) is 0.674. The largest absolute Gasteiger partial charge is 0.372 e. The number of aromatic nitrogens is 1. The monoisotopic (exact) mass is 213 g/mol. The topological polar surface area (TPSA) is 41.3 Å². The van der Waals surface area contributed by atoms with E-state index in [9.17, 15) is 8.42 Å². The third-order valence-corrected chi connectivity index (χ3v) is 4.19. The lowest BCUT2D eigenvalue weighted by atomic mass is 10.3. The average Bonchev–Trinajstić information content (AvgIpc) is 2.12. The van der Waals surface area contributed by atoms with Gasteiger partial charge in [-0.25, -0.2) is 13.0 Å². The van der Waals surface area contributed by atoms with Gasteiger partial charge < -0.3 is 4.90 Å². The Kier molecular flexibility index (Phi) is 1.99. The van der Waals surface area contributed by atoms with Crippen LogP contribution >= 0.6 is 0 Å². The highest BCUT2D eigenvalue weighted by atomic mass is 32.2. The summed E-state index contributed by atoms with van der Waals surface area (Å²) in [6, 6.07) is 1.84. The maximum atomic E-state index is 11.7. The van der Waals surface area contributed by atoms with Crippen molar-refractivity contribution >= 4 is 15.5 Å². The molecule has 0 N–H and O–H groups in total. The zero-order valence-electron chi connectivity index (χ0n) is 8.27. The third kappa shape index (κ3) is 1.37. The van der Waals surface area contributed by atoms with Crippen LogP contribution in [0.3, 0.4) is 0 Å². The number of nitrogens with zero attached hydrogens (tertiary/aromatic N) is 2. The van der Waals surface area contributed by atoms with Gasteiger partial charge in [0.25, 0.3) is 0 Å². The minimum atomic E-state index is -3.06. The highest BCUT2D eigenvalue weighted by Crippen LogP contribution is 2.27.